The van der Waals surface area contributed by atoms with E-state index in [1.54, 1.807) is 0 Å². The number of para-hydroxylation sites is 1. The largest absolute Gasteiger partial charge is 0.501 e. The van der Waals surface area contributed by atoms with Crippen molar-refractivity contribution in [3.63, 3.8) is 0 Å². The summed E-state index contributed by atoms with van der Waals surface area (Å²) < 4.78 is 6.37. The molecule has 0 aliphatic heterocycles. The first-order valence-corrected chi connectivity index (χ1v) is 18.6. The minimum absolute atomic E-state index is 0. The molecule has 43 heavy (non-hydrogen) atoms. The van der Waals surface area contributed by atoms with Crippen LogP contribution in [0.3, 0.4) is 0 Å². The van der Waals surface area contributed by atoms with Crippen molar-refractivity contribution in [3.05, 3.63) is 115 Å². The fourth-order valence-corrected chi connectivity index (χ4v) is 7.52. The van der Waals surface area contributed by atoms with E-state index < -0.39 is 8.07 Å². The average Bonchev–Trinajstić information content (AvgIpc) is 3.41. The van der Waals surface area contributed by atoms with Gasteiger partial charge in [0.1, 0.15) is 5.58 Å². The van der Waals surface area contributed by atoms with E-state index in [1.165, 1.54) is 59.2 Å². The number of aryl methyl sites for hydroxylation is 1. The summed E-state index contributed by atoms with van der Waals surface area (Å²) in [5, 5.41) is 3.86. The third kappa shape index (κ3) is 6.91. The summed E-state index contributed by atoms with van der Waals surface area (Å²) in [5.74, 6) is 0.676. The third-order valence-corrected chi connectivity index (χ3v) is 10.3. The standard InChI is InChI=1S/C26H28NOSi.C12H10N.Ir/c1-29(2,3)24-16-14-20(26-25(24)21-11-7-8-12-23(21)28-26)22-15-13-19(17-27-22)18-9-5-4-6-10-18;1-10-7-8-13-12(9-10)11-5-3-2-4-6-11;/h7-8,11-13,15-18H,4-6,9-10H2,1-3H3;2-5,7-9H,1H3;/q2*-1;. The molecule has 3 aromatic heterocycles. The second-order valence-corrected chi connectivity index (χ2v) is 17.5. The van der Waals surface area contributed by atoms with E-state index in [0.717, 1.165) is 33.7 Å². The predicted molar refractivity (Wildman–Crippen MR) is 178 cm³/mol. The number of hydrogen-bond acceptors (Lipinski definition) is 3. The molecule has 3 nitrogen and oxygen atoms in total. The Hall–Kier alpha value is -3.37. The summed E-state index contributed by atoms with van der Waals surface area (Å²) in [7, 11) is -1.55. The molecule has 0 saturated heterocycles. The van der Waals surface area contributed by atoms with E-state index in [-0.39, 0.29) is 20.1 Å². The Morgan fingerprint density at radius 2 is 1.63 bits per heavy atom. The first-order valence-electron chi connectivity index (χ1n) is 15.1. The number of fused-ring (bicyclic) bond motifs is 3. The van der Waals surface area contributed by atoms with E-state index in [2.05, 4.69) is 92.3 Å². The number of aromatic nitrogens is 2. The molecule has 0 atom stereocenters. The van der Waals surface area contributed by atoms with Gasteiger partial charge in [0.05, 0.1) is 5.58 Å². The van der Waals surface area contributed by atoms with Gasteiger partial charge >= 0.3 is 0 Å². The molecular weight excluding hydrogens is 721 g/mol. The van der Waals surface area contributed by atoms with Gasteiger partial charge < -0.3 is 14.4 Å². The molecule has 6 aromatic rings. The van der Waals surface area contributed by atoms with Crippen LogP contribution in [0.5, 0.6) is 0 Å². The molecule has 1 fully saturated rings. The monoisotopic (exact) mass is 759 g/mol. The maximum Gasteiger partial charge on any atom is 0.120 e. The number of pyridine rings is 2. The minimum atomic E-state index is -1.55. The average molecular weight is 759 g/mol. The molecule has 1 radical (unpaired) electrons. The van der Waals surface area contributed by atoms with Gasteiger partial charge in [-0.1, -0.05) is 91.8 Å². The van der Waals surface area contributed by atoms with Crippen molar-refractivity contribution in [2.75, 3.05) is 0 Å². The van der Waals surface area contributed by atoms with Crippen LogP contribution in [0.25, 0.3) is 44.5 Å². The van der Waals surface area contributed by atoms with Gasteiger partial charge in [-0.3, -0.25) is 0 Å². The van der Waals surface area contributed by atoms with Crippen LogP contribution in [0.4, 0.5) is 0 Å². The Balaban J connectivity index is 0.000000221. The van der Waals surface area contributed by atoms with Crippen molar-refractivity contribution >= 4 is 35.2 Å². The fraction of sp³-hybridized carbons (Fsp3) is 0.263. The summed E-state index contributed by atoms with van der Waals surface area (Å²) in [4.78, 5) is 9.13. The Labute approximate surface area is 270 Å². The molecule has 0 unspecified atom stereocenters. The summed E-state index contributed by atoms with van der Waals surface area (Å²) in [6.45, 7) is 9.21. The molecule has 1 saturated carbocycles. The van der Waals surface area contributed by atoms with Gasteiger partial charge in [-0.25, -0.2) is 0 Å². The molecule has 1 aliphatic carbocycles. The molecule has 5 heteroatoms. The van der Waals surface area contributed by atoms with Crippen molar-refractivity contribution in [2.45, 2.75) is 64.6 Å². The maximum atomic E-state index is 6.37. The van der Waals surface area contributed by atoms with Gasteiger partial charge in [-0.15, -0.1) is 53.2 Å². The number of benzene rings is 3. The van der Waals surface area contributed by atoms with Crippen molar-refractivity contribution in [1.82, 2.24) is 9.97 Å². The van der Waals surface area contributed by atoms with E-state index in [4.69, 9.17) is 9.40 Å². The number of rotatable bonds is 4. The van der Waals surface area contributed by atoms with Crippen LogP contribution >= 0.6 is 0 Å². The number of hydrogen-bond donors (Lipinski definition) is 0. The zero-order valence-corrected chi connectivity index (χ0v) is 28.8. The fourth-order valence-electron chi connectivity index (χ4n) is 6.02. The summed E-state index contributed by atoms with van der Waals surface area (Å²) >= 11 is 0. The second-order valence-electron chi connectivity index (χ2n) is 12.4. The summed E-state index contributed by atoms with van der Waals surface area (Å²) in [5.41, 5.74) is 8.46. The van der Waals surface area contributed by atoms with E-state index in [1.807, 2.05) is 42.6 Å². The van der Waals surface area contributed by atoms with Crippen molar-refractivity contribution in [3.8, 4) is 22.5 Å². The first kappa shape index (κ1) is 31.1. The Bertz CT molecular complexity index is 1800. The quantitative estimate of drug-likeness (QED) is 0.133. The molecule has 1 aliphatic rings. The Morgan fingerprint density at radius 1 is 0.837 bits per heavy atom. The number of nitrogens with zero attached hydrogens (tertiary/aromatic N) is 2. The first-order chi connectivity index (χ1) is 20.4. The molecule has 3 heterocycles. The Kier molecular flexibility index (Phi) is 9.76. The van der Waals surface area contributed by atoms with Gasteiger partial charge in [0.25, 0.3) is 0 Å². The topological polar surface area (TPSA) is 38.9 Å². The van der Waals surface area contributed by atoms with Crippen LogP contribution in [0.2, 0.25) is 19.6 Å². The SMILES string of the molecule is C[Si](C)(C)c1c[c-]c(-c2ccc(C3CCCCC3)cn2)c2oc3ccccc3c12.Cc1ccnc(-c2[c-]cccc2)c1.[Ir]. The molecule has 0 amide bonds. The van der Waals surface area contributed by atoms with Gasteiger partial charge in [0.15, 0.2) is 0 Å². The van der Waals surface area contributed by atoms with Crippen molar-refractivity contribution in [2.24, 2.45) is 0 Å². The van der Waals surface area contributed by atoms with Crippen LogP contribution in [0.1, 0.15) is 49.1 Å². The van der Waals surface area contributed by atoms with Gasteiger partial charge in [0.2, 0.25) is 0 Å². The zero-order valence-electron chi connectivity index (χ0n) is 25.4. The summed E-state index contributed by atoms with van der Waals surface area (Å²) in [6, 6.07) is 33.6. The zero-order chi connectivity index (χ0) is 29.1. The molecule has 0 spiro atoms. The predicted octanol–water partition coefficient (Wildman–Crippen LogP) is 9.90. The van der Waals surface area contributed by atoms with E-state index in [9.17, 15) is 0 Å². The van der Waals surface area contributed by atoms with Crippen LogP contribution in [0, 0.1) is 19.1 Å². The normalized spacial score (nSPS) is 13.8. The van der Waals surface area contributed by atoms with Gasteiger partial charge in [0, 0.05) is 46.0 Å². The molecule has 0 bridgehead atoms. The van der Waals surface area contributed by atoms with Crippen LogP contribution in [0.15, 0.2) is 95.7 Å². The Morgan fingerprint density at radius 3 is 2.33 bits per heavy atom. The molecular formula is C38H38IrN2OSi-2. The maximum absolute atomic E-state index is 6.37. The summed E-state index contributed by atoms with van der Waals surface area (Å²) in [6.07, 6.45) is 10.6. The smallest absolute Gasteiger partial charge is 0.120 e. The van der Waals surface area contributed by atoms with Crippen LogP contribution in [-0.2, 0) is 20.1 Å². The second kappa shape index (κ2) is 13.5. The molecule has 0 N–H and O–H groups in total. The minimum Gasteiger partial charge on any atom is -0.501 e. The van der Waals surface area contributed by atoms with Crippen molar-refractivity contribution in [1.29, 1.82) is 0 Å². The van der Waals surface area contributed by atoms with Gasteiger partial charge in [-0.2, -0.15) is 0 Å². The number of furan rings is 1. The van der Waals surface area contributed by atoms with E-state index in [0.29, 0.717) is 5.92 Å². The van der Waals surface area contributed by atoms with E-state index >= 15 is 0 Å². The molecule has 221 valence electrons. The van der Waals surface area contributed by atoms with Gasteiger partial charge in [-0.05, 0) is 54.8 Å². The van der Waals surface area contributed by atoms with Crippen LogP contribution in [-0.4, -0.2) is 18.0 Å². The van der Waals surface area contributed by atoms with Crippen LogP contribution < -0.4 is 5.19 Å². The molecule has 3 aromatic carbocycles. The molecule has 7 rings (SSSR count). The third-order valence-electron chi connectivity index (χ3n) is 8.28. The van der Waals surface area contributed by atoms with Crippen molar-refractivity contribution < 1.29 is 24.5 Å².